The van der Waals surface area contributed by atoms with Gasteiger partial charge in [0.15, 0.2) is 10.9 Å². The highest BCUT2D eigenvalue weighted by atomic mass is 32.1. The van der Waals surface area contributed by atoms with Crippen molar-refractivity contribution in [2.45, 2.75) is 6.04 Å². The molecule has 0 aromatic heterocycles. The van der Waals surface area contributed by atoms with Gasteiger partial charge in [0, 0.05) is 11.1 Å². The molecule has 0 saturated heterocycles. The second kappa shape index (κ2) is 4.68. The molecule has 0 radical (unpaired) electrons. The first-order valence-corrected chi connectivity index (χ1v) is 7.30. The van der Waals surface area contributed by atoms with E-state index in [1.165, 1.54) is 0 Å². The van der Waals surface area contributed by atoms with Crippen molar-refractivity contribution in [1.82, 2.24) is 10.6 Å². The minimum absolute atomic E-state index is 0.00572. The summed E-state index contributed by atoms with van der Waals surface area (Å²) in [5.74, 6) is 0.196. The largest absolute Gasteiger partial charge is 0.508 e. The van der Waals surface area contributed by atoms with E-state index in [9.17, 15) is 9.90 Å². The van der Waals surface area contributed by atoms with Crippen LogP contribution in [-0.4, -0.2) is 16.0 Å². The molecule has 0 amide bonds. The Kier molecular flexibility index (Phi) is 2.77. The monoisotopic (exact) mass is 308 g/mol. The summed E-state index contributed by atoms with van der Waals surface area (Å²) in [6.45, 7) is 0. The molecule has 0 spiro atoms. The number of thiocarbonyl (C=S) groups is 1. The van der Waals surface area contributed by atoms with Crippen molar-refractivity contribution in [1.29, 1.82) is 0 Å². The number of rotatable bonds is 1. The topological polar surface area (TPSA) is 61.4 Å². The third kappa shape index (κ3) is 1.83. The fourth-order valence-electron chi connectivity index (χ4n) is 2.98. The molecule has 2 aromatic rings. The molecule has 22 heavy (non-hydrogen) atoms. The van der Waals surface area contributed by atoms with Crippen LogP contribution in [0.4, 0.5) is 0 Å². The van der Waals surface area contributed by atoms with Gasteiger partial charge in [0.1, 0.15) is 5.75 Å². The summed E-state index contributed by atoms with van der Waals surface area (Å²) in [6, 6.07) is 14.0. The van der Waals surface area contributed by atoms with Crippen LogP contribution in [0.3, 0.4) is 0 Å². The van der Waals surface area contributed by atoms with Crippen LogP contribution in [0.1, 0.15) is 27.5 Å². The molecule has 0 saturated carbocycles. The smallest absolute Gasteiger partial charge is 0.194 e. The Morgan fingerprint density at radius 3 is 2.41 bits per heavy atom. The van der Waals surface area contributed by atoms with E-state index in [0.29, 0.717) is 16.2 Å². The Hall–Kier alpha value is -2.66. The Morgan fingerprint density at radius 2 is 1.68 bits per heavy atom. The summed E-state index contributed by atoms with van der Waals surface area (Å²) in [4.78, 5) is 12.8. The molecule has 1 aliphatic heterocycles. The second-order valence-corrected chi connectivity index (χ2v) is 5.69. The average molecular weight is 308 g/mol. The van der Waals surface area contributed by atoms with E-state index >= 15 is 0 Å². The molecule has 4 rings (SSSR count). The molecule has 0 fully saturated rings. The first kappa shape index (κ1) is 13.0. The highest BCUT2D eigenvalue weighted by molar-refractivity contribution is 7.80. The lowest BCUT2D eigenvalue weighted by Crippen LogP contribution is -2.43. The van der Waals surface area contributed by atoms with Crippen LogP contribution in [0.5, 0.6) is 5.75 Å². The first-order chi connectivity index (χ1) is 10.6. The molecule has 1 heterocycles. The SMILES string of the molecule is O=C1C2=C(NC(=S)N[C@@H]2c2ccc(O)cc2)c2ccccc21. The van der Waals surface area contributed by atoms with E-state index in [1.54, 1.807) is 24.3 Å². The van der Waals surface area contributed by atoms with Crippen LogP contribution in [0, 0.1) is 0 Å². The zero-order chi connectivity index (χ0) is 15.3. The lowest BCUT2D eigenvalue weighted by Gasteiger charge is -2.28. The lowest BCUT2D eigenvalue weighted by atomic mass is 9.94. The van der Waals surface area contributed by atoms with Gasteiger partial charge in [0.05, 0.1) is 17.3 Å². The highest BCUT2D eigenvalue weighted by Crippen LogP contribution is 2.39. The maximum atomic E-state index is 12.8. The van der Waals surface area contributed by atoms with Crippen LogP contribution < -0.4 is 10.6 Å². The normalized spacial score (nSPS) is 19.4. The molecule has 1 atom stereocenters. The van der Waals surface area contributed by atoms with E-state index in [1.807, 2.05) is 24.3 Å². The van der Waals surface area contributed by atoms with E-state index in [2.05, 4.69) is 10.6 Å². The highest BCUT2D eigenvalue weighted by Gasteiger charge is 2.38. The van der Waals surface area contributed by atoms with Gasteiger partial charge in [-0.1, -0.05) is 36.4 Å². The van der Waals surface area contributed by atoms with Crippen LogP contribution in [-0.2, 0) is 0 Å². The number of hydrogen-bond donors (Lipinski definition) is 3. The zero-order valence-corrected chi connectivity index (χ0v) is 12.3. The zero-order valence-electron chi connectivity index (χ0n) is 11.5. The Morgan fingerprint density at radius 1 is 1.00 bits per heavy atom. The minimum atomic E-state index is -0.316. The molecule has 108 valence electrons. The predicted octanol–water partition coefficient (Wildman–Crippen LogP) is 2.52. The number of fused-ring (bicyclic) bond motifs is 2. The van der Waals surface area contributed by atoms with Crippen LogP contribution in [0.15, 0.2) is 54.1 Å². The number of nitrogens with one attached hydrogen (secondary N) is 2. The van der Waals surface area contributed by atoms with Gasteiger partial charge in [0.25, 0.3) is 0 Å². The van der Waals surface area contributed by atoms with Crippen molar-refractivity contribution in [3.63, 3.8) is 0 Å². The molecular formula is C17H12N2O2S. The summed E-state index contributed by atoms with van der Waals surface area (Å²) in [5, 5.41) is 16.2. The van der Waals surface area contributed by atoms with Gasteiger partial charge < -0.3 is 15.7 Å². The van der Waals surface area contributed by atoms with Crippen molar-refractivity contribution < 1.29 is 9.90 Å². The van der Waals surface area contributed by atoms with E-state index in [0.717, 1.165) is 16.8 Å². The Labute approximate surface area is 132 Å². The molecule has 1 aliphatic carbocycles. The third-order valence-electron chi connectivity index (χ3n) is 3.98. The molecule has 5 heteroatoms. The van der Waals surface area contributed by atoms with E-state index in [4.69, 9.17) is 12.2 Å². The summed E-state index contributed by atoms with van der Waals surface area (Å²) >= 11 is 5.28. The van der Waals surface area contributed by atoms with Crippen molar-refractivity contribution >= 4 is 28.8 Å². The Balaban J connectivity index is 1.88. The first-order valence-electron chi connectivity index (χ1n) is 6.90. The molecule has 0 unspecified atom stereocenters. The van der Waals surface area contributed by atoms with Gasteiger partial charge in [-0.2, -0.15) is 0 Å². The van der Waals surface area contributed by atoms with Crippen LogP contribution in [0.25, 0.3) is 5.70 Å². The van der Waals surface area contributed by atoms with Gasteiger partial charge in [-0.05, 0) is 29.9 Å². The summed E-state index contributed by atoms with van der Waals surface area (Å²) in [5.41, 5.74) is 3.91. The Bertz CT molecular complexity index is 840. The van der Waals surface area contributed by atoms with Crippen molar-refractivity contribution in [2.24, 2.45) is 0 Å². The fraction of sp³-hybridized carbons (Fsp3) is 0.0588. The van der Waals surface area contributed by atoms with Crippen LogP contribution in [0.2, 0.25) is 0 Å². The standard InChI is InChI=1S/C17H12N2O2S/c20-10-7-5-9(6-8-10)14-13-15(19-17(22)18-14)11-3-1-2-4-12(11)16(13)21/h1-8,14,20H,(H2,18,19,22)/t14-/m1/s1. The third-order valence-corrected chi connectivity index (χ3v) is 4.20. The molecule has 0 bridgehead atoms. The summed E-state index contributed by atoms with van der Waals surface area (Å²) in [6.07, 6.45) is 0. The minimum Gasteiger partial charge on any atom is -0.508 e. The number of carbonyl (C=O) groups is 1. The molecule has 4 nitrogen and oxygen atoms in total. The molecule has 2 aromatic carbocycles. The number of hydrogen-bond acceptors (Lipinski definition) is 3. The predicted molar refractivity (Wildman–Crippen MR) is 87.4 cm³/mol. The molecular weight excluding hydrogens is 296 g/mol. The average Bonchev–Trinajstić information content (AvgIpc) is 2.81. The quantitative estimate of drug-likeness (QED) is 0.707. The van der Waals surface area contributed by atoms with Gasteiger partial charge in [-0.25, -0.2) is 0 Å². The van der Waals surface area contributed by atoms with Gasteiger partial charge in [-0.15, -0.1) is 0 Å². The fourth-order valence-corrected chi connectivity index (χ4v) is 3.20. The van der Waals surface area contributed by atoms with Crippen LogP contribution >= 0.6 is 12.2 Å². The van der Waals surface area contributed by atoms with Gasteiger partial charge >= 0.3 is 0 Å². The summed E-state index contributed by atoms with van der Waals surface area (Å²) < 4.78 is 0. The lowest BCUT2D eigenvalue weighted by molar-refractivity contribution is 0.103. The molecule has 2 aliphatic rings. The number of benzene rings is 2. The van der Waals surface area contributed by atoms with Crippen molar-refractivity contribution in [2.75, 3.05) is 0 Å². The summed E-state index contributed by atoms with van der Waals surface area (Å²) in [7, 11) is 0. The maximum absolute atomic E-state index is 12.8. The second-order valence-electron chi connectivity index (χ2n) is 5.29. The maximum Gasteiger partial charge on any atom is 0.194 e. The van der Waals surface area contributed by atoms with Gasteiger partial charge in [0.2, 0.25) is 0 Å². The number of carbonyl (C=O) groups excluding carboxylic acids is 1. The van der Waals surface area contributed by atoms with Gasteiger partial charge in [-0.3, -0.25) is 4.79 Å². The molecule has 3 N–H and O–H groups in total. The number of aromatic hydroxyl groups is 1. The number of ketones is 1. The van der Waals surface area contributed by atoms with E-state index in [-0.39, 0.29) is 17.6 Å². The number of Topliss-reactive ketones (excluding diaryl/α,β-unsaturated/α-hetero) is 1. The van der Waals surface area contributed by atoms with E-state index < -0.39 is 0 Å². The number of phenols is 1. The van der Waals surface area contributed by atoms with Crippen molar-refractivity contribution in [3.8, 4) is 5.75 Å². The number of phenolic OH excluding ortho intramolecular Hbond substituents is 1. The van der Waals surface area contributed by atoms with Crippen molar-refractivity contribution in [3.05, 3.63) is 70.8 Å².